The molecule has 0 N–H and O–H groups in total. The van der Waals surface area contributed by atoms with Gasteiger partial charge in [0.25, 0.3) is 0 Å². The molecule has 1 aliphatic heterocycles. The molecule has 0 amide bonds. The molecule has 3 atom stereocenters. The van der Waals surface area contributed by atoms with Crippen LogP contribution in [0.15, 0.2) is 12.2 Å². The fourth-order valence-electron chi connectivity index (χ4n) is 3.35. The van der Waals surface area contributed by atoms with Gasteiger partial charge in [0.15, 0.2) is 0 Å². The largest absolute Gasteiger partial charge is 0.393 e. The molecular formula is C20H34O3. The van der Waals surface area contributed by atoms with E-state index in [9.17, 15) is 9.59 Å². The minimum absolute atomic E-state index is 0.199. The fourth-order valence-corrected chi connectivity index (χ4v) is 3.35. The molecule has 0 saturated carbocycles. The molecule has 132 valence electrons. The van der Waals surface area contributed by atoms with Crippen molar-refractivity contribution in [3.05, 3.63) is 12.2 Å². The van der Waals surface area contributed by atoms with Crippen molar-refractivity contribution in [3.63, 3.8) is 0 Å². The number of esters is 2. The van der Waals surface area contributed by atoms with Gasteiger partial charge in [0.2, 0.25) is 0 Å². The van der Waals surface area contributed by atoms with Crippen molar-refractivity contribution in [2.24, 2.45) is 17.8 Å². The summed E-state index contributed by atoms with van der Waals surface area (Å²) in [5.74, 6) is 0.330. The second kappa shape index (κ2) is 11.4. The Balaban J connectivity index is 2.36. The van der Waals surface area contributed by atoms with Crippen molar-refractivity contribution in [1.29, 1.82) is 0 Å². The molecule has 0 aromatic heterocycles. The second-order valence-corrected chi connectivity index (χ2v) is 6.92. The van der Waals surface area contributed by atoms with Gasteiger partial charge < -0.3 is 4.74 Å². The van der Waals surface area contributed by atoms with Gasteiger partial charge in [-0.25, -0.2) is 0 Å². The Morgan fingerprint density at radius 3 is 2.39 bits per heavy atom. The third kappa shape index (κ3) is 7.81. The van der Waals surface area contributed by atoms with Gasteiger partial charge in [-0.3, -0.25) is 9.59 Å². The molecule has 0 aromatic rings. The van der Waals surface area contributed by atoms with Crippen molar-refractivity contribution in [1.82, 2.24) is 0 Å². The smallest absolute Gasteiger partial charge is 0.317 e. The minimum atomic E-state index is -0.350. The third-order valence-electron chi connectivity index (χ3n) is 5.01. The predicted octanol–water partition coefficient (Wildman–Crippen LogP) is 5.44. The molecule has 0 aliphatic carbocycles. The van der Waals surface area contributed by atoms with Crippen LogP contribution in [0.4, 0.5) is 0 Å². The molecule has 0 radical (unpaired) electrons. The normalized spacial score (nSPS) is 20.9. The predicted molar refractivity (Wildman–Crippen MR) is 93.9 cm³/mol. The van der Waals surface area contributed by atoms with Gasteiger partial charge in [-0.2, -0.15) is 0 Å². The minimum Gasteiger partial charge on any atom is -0.393 e. The quantitative estimate of drug-likeness (QED) is 0.208. The zero-order valence-corrected chi connectivity index (χ0v) is 15.2. The van der Waals surface area contributed by atoms with Gasteiger partial charge in [-0.05, 0) is 43.9 Å². The fraction of sp³-hybridized carbons (Fsp3) is 0.800. The topological polar surface area (TPSA) is 43.4 Å². The lowest BCUT2D eigenvalue weighted by atomic mass is 9.82. The summed E-state index contributed by atoms with van der Waals surface area (Å²) in [5, 5.41) is 0. The van der Waals surface area contributed by atoms with E-state index in [2.05, 4.69) is 37.7 Å². The van der Waals surface area contributed by atoms with Crippen LogP contribution in [0.2, 0.25) is 0 Å². The summed E-state index contributed by atoms with van der Waals surface area (Å²) in [6.07, 6.45) is 15.3. The molecule has 1 rings (SSSR count). The van der Waals surface area contributed by atoms with Gasteiger partial charge in [-0.1, -0.05) is 58.6 Å². The van der Waals surface area contributed by atoms with Gasteiger partial charge in [0.1, 0.15) is 0 Å². The van der Waals surface area contributed by atoms with E-state index in [0.29, 0.717) is 11.8 Å². The average molecular weight is 322 g/mol. The van der Waals surface area contributed by atoms with Crippen LogP contribution in [0, 0.1) is 17.8 Å². The van der Waals surface area contributed by atoms with E-state index in [-0.39, 0.29) is 24.3 Å². The van der Waals surface area contributed by atoms with Crippen molar-refractivity contribution >= 4 is 11.9 Å². The van der Waals surface area contributed by atoms with Crippen LogP contribution in [-0.2, 0) is 14.3 Å². The molecule has 3 nitrogen and oxygen atoms in total. The number of cyclic esters (lactones) is 2. The maximum atomic E-state index is 11.6. The number of hydrogen-bond donors (Lipinski definition) is 0. The molecule has 1 saturated heterocycles. The van der Waals surface area contributed by atoms with E-state index < -0.39 is 0 Å². The first-order valence-corrected chi connectivity index (χ1v) is 9.50. The zero-order chi connectivity index (χ0) is 17.1. The Morgan fingerprint density at radius 1 is 1.09 bits per heavy atom. The van der Waals surface area contributed by atoms with Crippen molar-refractivity contribution in [3.8, 4) is 0 Å². The van der Waals surface area contributed by atoms with Crippen LogP contribution < -0.4 is 0 Å². The number of unbranched alkanes of at least 4 members (excludes halogenated alkanes) is 3. The summed E-state index contributed by atoms with van der Waals surface area (Å²) in [5.41, 5.74) is 0. The molecule has 23 heavy (non-hydrogen) atoms. The summed E-state index contributed by atoms with van der Waals surface area (Å²) >= 11 is 0. The lowest BCUT2D eigenvalue weighted by molar-refractivity contribution is -0.153. The third-order valence-corrected chi connectivity index (χ3v) is 5.01. The van der Waals surface area contributed by atoms with Crippen LogP contribution >= 0.6 is 0 Å². The number of carbonyl (C=O) groups excluding carboxylic acids is 2. The molecule has 0 aromatic carbocycles. The molecule has 1 heterocycles. The van der Waals surface area contributed by atoms with E-state index in [1.807, 2.05) is 0 Å². The van der Waals surface area contributed by atoms with Gasteiger partial charge >= 0.3 is 11.9 Å². The summed E-state index contributed by atoms with van der Waals surface area (Å²) in [6, 6.07) is 0. The van der Waals surface area contributed by atoms with Crippen molar-refractivity contribution < 1.29 is 14.3 Å². The number of hydrogen-bond acceptors (Lipinski definition) is 3. The Labute approximate surface area is 141 Å². The van der Waals surface area contributed by atoms with E-state index >= 15 is 0 Å². The summed E-state index contributed by atoms with van der Waals surface area (Å²) < 4.78 is 4.67. The van der Waals surface area contributed by atoms with Gasteiger partial charge in [-0.15, -0.1) is 0 Å². The summed E-state index contributed by atoms with van der Waals surface area (Å²) in [4.78, 5) is 22.8. The van der Waals surface area contributed by atoms with Crippen LogP contribution in [-0.4, -0.2) is 11.9 Å². The van der Waals surface area contributed by atoms with E-state index in [4.69, 9.17) is 0 Å². The Morgan fingerprint density at radius 2 is 1.83 bits per heavy atom. The summed E-state index contributed by atoms with van der Waals surface area (Å²) in [7, 11) is 0. The number of rotatable bonds is 12. The molecule has 3 unspecified atom stereocenters. The summed E-state index contributed by atoms with van der Waals surface area (Å²) in [6.45, 7) is 6.66. The maximum Gasteiger partial charge on any atom is 0.317 e. The number of carbonyl (C=O) groups is 2. The first kappa shape index (κ1) is 19.9. The second-order valence-electron chi connectivity index (χ2n) is 6.92. The molecular weight excluding hydrogens is 288 g/mol. The highest BCUT2D eigenvalue weighted by Crippen LogP contribution is 2.31. The Bertz CT molecular complexity index is 386. The van der Waals surface area contributed by atoms with E-state index in [0.717, 1.165) is 25.7 Å². The van der Waals surface area contributed by atoms with Crippen LogP contribution in [0.1, 0.15) is 85.0 Å². The van der Waals surface area contributed by atoms with Crippen LogP contribution in [0.25, 0.3) is 0 Å². The van der Waals surface area contributed by atoms with E-state index in [1.54, 1.807) is 0 Å². The molecule has 0 bridgehead atoms. The molecule has 3 heteroatoms. The Kier molecular flexibility index (Phi) is 9.89. The number of allylic oxidation sites excluding steroid dienone is 2. The van der Waals surface area contributed by atoms with Gasteiger partial charge in [0, 0.05) is 0 Å². The highest BCUT2D eigenvalue weighted by molar-refractivity contribution is 5.94. The average Bonchev–Trinajstić information content (AvgIpc) is 2.85. The lowest BCUT2D eigenvalue weighted by Crippen LogP contribution is -2.16. The molecule has 1 aliphatic rings. The number of ether oxygens (including phenoxy) is 1. The maximum absolute atomic E-state index is 11.6. The monoisotopic (exact) mass is 322 g/mol. The van der Waals surface area contributed by atoms with Crippen molar-refractivity contribution in [2.75, 3.05) is 0 Å². The van der Waals surface area contributed by atoms with Crippen LogP contribution in [0.3, 0.4) is 0 Å². The highest BCUT2D eigenvalue weighted by atomic mass is 16.6. The molecule has 0 spiro atoms. The SMILES string of the molecule is CCCCCC=CCC(CC)CC(CC)CC1CC(=O)OC1=O. The first-order chi connectivity index (χ1) is 11.1. The van der Waals surface area contributed by atoms with Crippen LogP contribution in [0.5, 0.6) is 0 Å². The Hall–Kier alpha value is -1.12. The van der Waals surface area contributed by atoms with Crippen molar-refractivity contribution in [2.45, 2.75) is 85.0 Å². The standard InChI is InChI=1S/C20H34O3/c1-4-7-8-9-10-11-12-16(5-2)13-17(6-3)14-18-15-19(21)23-20(18)22/h10-11,16-18H,4-9,12-15H2,1-3H3. The first-order valence-electron chi connectivity index (χ1n) is 9.50. The van der Waals surface area contributed by atoms with Gasteiger partial charge in [0.05, 0.1) is 12.3 Å². The highest BCUT2D eigenvalue weighted by Gasteiger charge is 2.34. The zero-order valence-electron chi connectivity index (χ0n) is 15.2. The van der Waals surface area contributed by atoms with E-state index in [1.165, 1.54) is 32.1 Å². The molecule has 1 fully saturated rings. The lowest BCUT2D eigenvalue weighted by Gasteiger charge is -2.22.